The predicted octanol–water partition coefficient (Wildman–Crippen LogP) is 3.83. The highest BCUT2D eigenvalue weighted by molar-refractivity contribution is 6.34. The molecule has 0 aliphatic heterocycles. The van der Waals surface area contributed by atoms with E-state index in [9.17, 15) is 4.79 Å². The van der Waals surface area contributed by atoms with Crippen LogP contribution in [0.3, 0.4) is 0 Å². The van der Waals surface area contributed by atoms with Gasteiger partial charge in [0, 0.05) is 19.7 Å². The average molecular weight is 447 g/mol. The Morgan fingerprint density at radius 1 is 1.26 bits per heavy atom. The number of ether oxygens (including phenoxy) is 1. The van der Waals surface area contributed by atoms with Crippen molar-refractivity contribution in [2.24, 2.45) is 11.3 Å². The van der Waals surface area contributed by atoms with Gasteiger partial charge in [-0.25, -0.2) is 4.52 Å². The van der Waals surface area contributed by atoms with Gasteiger partial charge in [0.2, 0.25) is 11.8 Å². The van der Waals surface area contributed by atoms with Gasteiger partial charge in [-0.3, -0.25) is 15.2 Å². The van der Waals surface area contributed by atoms with Crippen LogP contribution >= 0.6 is 11.6 Å². The third kappa shape index (κ3) is 5.37. The summed E-state index contributed by atoms with van der Waals surface area (Å²) >= 11 is 6.45. The standard InChI is InChI=1S/C22H31ClN6O2/c1-14(12-22(2,3)4)17(21(30)28(5)6)24-13-31-20-16(23)19-26-25-18(29(19)27-20)15-10-8-7-9-11-15/h7-11,14,17,24,27H,12-13H2,1-6H3. The third-order valence-corrected chi connectivity index (χ3v) is 5.37. The second-order valence-electron chi connectivity index (χ2n) is 9.25. The molecular weight excluding hydrogens is 416 g/mol. The van der Waals surface area contributed by atoms with Crippen LogP contribution in [0.1, 0.15) is 34.1 Å². The Bertz CT molecular complexity index is 1020. The van der Waals surface area contributed by atoms with Crippen molar-refractivity contribution in [3.63, 3.8) is 0 Å². The minimum absolute atomic E-state index is 0.0169. The largest absolute Gasteiger partial charge is 0.461 e. The molecule has 2 atom stereocenters. The fourth-order valence-electron chi connectivity index (χ4n) is 3.75. The lowest BCUT2D eigenvalue weighted by Crippen LogP contribution is -2.49. The second kappa shape index (κ2) is 9.28. The summed E-state index contributed by atoms with van der Waals surface area (Å²) in [4.78, 5) is 14.3. The summed E-state index contributed by atoms with van der Waals surface area (Å²) in [6.07, 6.45) is 0.896. The zero-order valence-corrected chi connectivity index (χ0v) is 19.7. The number of carbonyl (C=O) groups is 1. The van der Waals surface area contributed by atoms with Gasteiger partial charge in [0.1, 0.15) is 11.8 Å². The van der Waals surface area contributed by atoms with Gasteiger partial charge in [0.25, 0.3) is 0 Å². The van der Waals surface area contributed by atoms with Crippen LogP contribution in [0, 0.1) is 11.3 Å². The van der Waals surface area contributed by atoms with E-state index in [1.807, 2.05) is 30.3 Å². The first-order valence-electron chi connectivity index (χ1n) is 10.3. The number of nitrogens with one attached hydrogen (secondary N) is 2. The van der Waals surface area contributed by atoms with E-state index >= 15 is 0 Å². The van der Waals surface area contributed by atoms with E-state index in [0.717, 1.165) is 12.0 Å². The maximum atomic E-state index is 12.7. The molecule has 0 saturated carbocycles. The van der Waals surface area contributed by atoms with Crippen LogP contribution in [-0.4, -0.2) is 57.5 Å². The van der Waals surface area contributed by atoms with Gasteiger partial charge in [0.05, 0.1) is 6.04 Å². The summed E-state index contributed by atoms with van der Waals surface area (Å²) in [5.74, 6) is 1.16. The van der Waals surface area contributed by atoms with Crippen LogP contribution in [-0.2, 0) is 4.79 Å². The number of rotatable bonds is 8. The lowest BCUT2D eigenvalue weighted by molar-refractivity contribution is -0.132. The van der Waals surface area contributed by atoms with Gasteiger partial charge in [0.15, 0.2) is 11.5 Å². The highest BCUT2D eigenvalue weighted by Gasteiger charge is 2.29. The molecule has 0 bridgehead atoms. The van der Waals surface area contributed by atoms with E-state index in [2.05, 4.69) is 48.3 Å². The zero-order chi connectivity index (χ0) is 22.8. The van der Waals surface area contributed by atoms with Crippen LogP contribution in [0.5, 0.6) is 5.88 Å². The monoisotopic (exact) mass is 446 g/mol. The van der Waals surface area contributed by atoms with E-state index < -0.39 is 0 Å². The first-order valence-corrected chi connectivity index (χ1v) is 10.7. The Morgan fingerprint density at radius 2 is 1.94 bits per heavy atom. The van der Waals surface area contributed by atoms with Crippen molar-refractivity contribution in [3.05, 3.63) is 35.4 Å². The minimum atomic E-state index is -0.367. The number of amides is 1. The molecule has 2 aromatic heterocycles. The van der Waals surface area contributed by atoms with E-state index in [4.69, 9.17) is 16.3 Å². The number of benzene rings is 1. The molecule has 8 nitrogen and oxygen atoms in total. The molecule has 168 valence electrons. The maximum absolute atomic E-state index is 12.7. The van der Waals surface area contributed by atoms with Crippen molar-refractivity contribution in [1.82, 2.24) is 30.0 Å². The molecule has 0 spiro atoms. The molecular formula is C22H31ClN6O2. The van der Waals surface area contributed by atoms with Crippen LogP contribution < -0.4 is 10.1 Å². The molecule has 2 unspecified atom stereocenters. The molecule has 3 aromatic rings. The topological polar surface area (TPSA) is 87.5 Å². The van der Waals surface area contributed by atoms with Gasteiger partial charge in [-0.2, -0.15) is 0 Å². The number of halogens is 1. The Labute approximate surface area is 187 Å². The van der Waals surface area contributed by atoms with E-state index in [-0.39, 0.29) is 30.0 Å². The number of hydrogen-bond donors (Lipinski definition) is 2. The number of likely N-dealkylation sites (N-methyl/N-ethyl adjacent to an activating group) is 1. The van der Waals surface area contributed by atoms with Crippen molar-refractivity contribution in [3.8, 4) is 17.3 Å². The van der Waals surface area contributed by atoms with Gasteiger partial charge >= 0.3 is 0 Å². The number of carbonyl (C=O) groups excluding carboxylic acids is 1. The van der Waals surface area contributed by atoms with Gasteiger partial charge in [-0.05, 0) is 17.8 Å². The summed E-state index contributed by atoms with van der Waals surface area (Å²) in [5, 5.41) is 15.1. The number of nitrogens with zero attached hydrogens (tertiary/aromatic N) is 4. The summed E-state index contributed by atoms with van der Waals surface area (Å²) < 4.78 is 7.55. The highest BCUT2D eigenvalue weighted by Crippen LogP contribution is 2.30. The first-order chi connectivity index (χ1) is 14.6. The Hall–Kier alpha value is -2.58. The fourth-order valence-corrected chi connectivity index (χ4v) is 3.97. The van der Waals surface area contributed by atoms with Crippen molar-refractivity contribution in [2.75, 3.05) is 20.8 Å². The normalized spacial score (nSPS) is 13.9. The Kier molecular flexibility index (Phi) is 6.91. The SMILES string of the molecule is CC(CC(C)(C)C)C(NCOc1[nH]n2c(-c3ccccc3)nnc2c1Cl)C(=O)N(C)C. The van der Waals surface area contributed by atoms with E-state index in [0.29, 0.717) is 22.4 Å². The lowest BCUT2D eigenvalue weighted by Gasteiger charge is -2.31. The smallest absolute Gasteiger partial charge is 0.239 e. The molecule has 31 heavy (non-hydrogen) atoms. The molecule has 1 amide bonds. The van der Waals surface area contributed by atoms with Crippen LogP contribution in [0.4, 0.5) is 0 Å². The second-order valence-corrected chi connectivity index (χ2v) is 9.63. The lowest BCUT2D eigenvalue weighted by atomic mass is 9.82. The molecule has 0 aliphatic rings. The summed E-state index contributed by atoms with van der Waals surface area (Å²) in [6.45, 7) is 8.71. The van der Waals surface area contributed by atoms with Crippen LogP contribution in [0.25, 0.3) is 17.0 Å². The molecule has 2 heterocycles. The van der Waals surface area contributed by atoms with Crippen molar-refractivity contribution < 1.29 is 9.53 Å². The van der Waals surface area contributed by atoms with Crippen molar-refractivity contribution in [2.45, 2.75) is 40.2 Å². The summed E-state index contributed by atoms with van der Waals surface area (Å²) in [5.41, 5.74) is 1.50. The molecule has 9 heteroatoms. The molecule has 0 fully saturated rings. The Morgan fingerprint density at radius 3 is 2.55 bits per heavy atom. The first kappa shape index (κ1) is 23.1. The molecule has 2 N–H and O–H groups in total. The van der Waals surface area contributed by atoms with E-state index in [1.165, 1.54) is 0 Å². The molecule has 0 radical (unpaired) electrons. The quantitative estimate of drug-likeness (QED) is 0.513. The van der Waals surface area contributed by atoms with Gasteiger partial charge in [-0.15, -0.1) is 10.2 Å². The summed E-state index contributed by atoms with van der Waals surface area (Å²) in [6, 6.07) is 9.33. The summed E-state index contributed by atoms with van der Waals surface area (Å²) in [7, 11) is 3.52. The van der Waals surface area contributed by atoms with Crippen LogP contribution in [0.2, 0.25) is 5.02 Å². The minimum Gasteiger partial charge on any atom is -0.461 e. The van der Waals surface area contributed by atoms with Crippen LogP contribution in [0.15, 0.2) is 30.3 Å². The number of aromatic amines is 1. The number of hydrogen-bond acceptors (Lipinski definition) is 5. The average Bonchev–Trinajstić information content (AvgIpc) is 3.24. The number of H-pyrrole nitrogens is 1. The molecule has 0 aliphatic carbocycles. The molecule has 1 aromatic carbocycles. The Balaban J connectivity index is 1.74. The number of aromatic nitrogens is 4. The van der Waals surface area contributed by atoms with Crippen molar-refractivity contribution >= 4 is 23.2 Å². The van der Waals surface area contributed by atoms with Gasteiger partial charge in [-0.1, -0.05) is 69.6 Å². The highest BCUT2D eigenvalue weighted by atomic mass is 35.5. The maximum Gasteiger partial charge on any atom is 0.239 e. The van der Waals surface area contributed by atoms with Gasteiger partial charge < -0.3 is 9.64 Å². The third-order valence-electron chi connectivity index (χ3n) is 5.03. The van der Waals surface area contributed by atoms with E-state index in [1.54, 1.807) is 23.5 Å². The predicted molar refractivity (Wildman–Crippen MR) is 122 cm³/mol. The zero-order valence-electron chi connectivity index (χ0n) is 18.9. The molecule has 3 rings (SSSR count). The number of fused-ring (bicyclic) bond motifs is 1. The van der Waals surface area contributed by atoms with Crippen molar-refractivity contribution in [1.29, 1.82) is 0 Å². The fraction of sp³-hybridized carbons (Fsp3) is 0.500. The molecule has 0 saturated heterocycles.